The molecule has 0 saturated carbocycles. The van der Waals surface area contributed by atoms with E-state index in [0.29, 0.717) is 16.7 Å². The van der Waals surface area contributed by atoms with E-state index >= 15 is 0 Å². The van der Waals surface area contributed by atoms with Gasteiger partial charge in [-0.2, -0.15) is 0 Å². The quantitative estimate of drug-likeness (QED) is 0.535. The molecule has 12 heavy (non-hydrogen) atoms. The van der Waals surface area contributed by atoms with Crippen LogP contribution in [0.3, 0.4) is 0 Å². The molecule has 0 atom stereocenters. The van der Waals surface area contributed by atoms with Gasteiger partial charge in [-0.1, -0.05) is 0 Å². The molecule has 0 aliphatic carbocycles. The van der Waals surface area contributed by atoms with Crippen LogP contribution < -0.4 is 4.74 Å². The highest BCUT2D eigenvalue weighted by atomic mass is 32.1. The third kappa shape index (κ3) is 1.70. The molecule has 0 aliphatic rings. The summed E-state index contributed by atoms with van der Waals surface area (Å²) in [7, 11) is 0. The van der Waals surface area contributed by atoms with Crippen molar-refractivity contribution in [2.75, 3.05) is 6.61 Å². The molecule has 0 saturated heterocycles. The summed E-state index contributed by atoms with van der Waals surface area (Å²) in [5, 5.41) is 11.3. The molecule has 0 aromatic carbocycles. The van der Waals surface area contributed by atoms with E-state index in [-0.39, 0.29) is 5.82 Å². The predicted octanol–water partition coefficient (Wildman–Crippen LogP) is 1.76. The molecule has 0 bridgehead atoms. The van der Waals surface area contributed by atoms with E-state index in [9.17, 15) is 10.1 Å². The molecule has 0 N–H and O–H groups in total. The van der Waals surface area contributed by atoms with Gasteiger partial charge in [0.05, 0.1) is 6.61 Å². The molecule has 1 heterocycles. The van der Waals surface area contributed by atoms with Gasteiger partial charge in [-0.3, -0.25) is 0 Å². The molecule has 0 unspecified atom stereocenters. The molecule has 6 heteroatoms. The molecule has 1 aromatic heterocycles. The lowest BCUT2D eigenvalue weighted by molar-refractivity contribution is -0.390. The summed E-state index contributed by atoms with van der Waals surface area (Å²) in [5.41, 5.74) is 0. The summed E-state index contributed by atoms with van der Waals surface area (Å²) in [6.07, 6.45) is 0. The van der Waals surface area contributed by atoms with E-state index in [1.54, 1.807) is 13.8 Å². The summed E-state index contributed by atoms with van der Waals surface area (Å²) < 4.78 is 5.03. The van der Waals surface area contributed by atoms with Gasteiger partial charge >= 0.3 is 5.82 Å². The Labute approximate surface area is 73.2 Å². The van der Waals surface area contributed by atoms with E-state index in [4.69, 9.17) is 4.74 Å². The van der Waals surface area contributed by atoms with E-state index in [2.05, 4.69) is 4.98 Å². The summed E-state index contributed by atoms with van der Waals surface area (Å²) >= 11 is 1.19. The molecule has 0 radical (unpaired) electrons. The van der Waals surface area contributed by atoms with Crippen LogP contribution in [0, 0.1) is 17.0 Å². The SMILES string of the molecule is CCOc1sc(C)nc1[N+](=O)[O-]. The van der Waals surface area contributed by atoms with Crippen LogP contribution in [0.25, 0.3) is 0 Å². The highest BCUT2D eigenvalue weighted by Crippen LogP contribution is 2.32. The summed E-state index contributed by atoms with van der Waals surface area (Å²) in [4.78, 5) is 13.6. The van der Waals surface area contributed by atoms with Crippen LogP contribution in [0.2, 0.25) is 0 Å². The maximum atomic E-state index is 10.4. The van der Waals surface area contributed by atoms with Crippen LogP contribution in [0.1, 0.15) is 11.9 Å². The fourth-order valence-electron chi connectivity index (χ4n) is 0.738. The van der Waals surface area contributed by atoms with Gasteiger partial charge < -0.3 is 14.9 Å². The Morgan fingerprint density at radius 2 is 2.42 bits per heavy atom. The average molecular weight is 188 g/mol. The number of thiazole rings is 1. The van der Waals surface area contributed by atoms with E-state index in [1.807, 2.05) is 0 Å². The Kier molecular flexibility index (Phi) is 2.59. The number of nitro groups is 1. The van der Waals surface area contributed by atoms with Gasteiger partial charge in [-0.05, 0) is 28.2 Å². The van der Waals surface area contributed by atoms with Gasteiger partial charge in [0, 0.05) is 6.92 Å². The van der Waals surface area contributed by atoms with Crippen LogP contribution >= 0.6 is 11.3 Å². The fraction of sp³-hybridized carbons (Fsp3) is 0.500. The minimum absolute atomic E-state index is 0.181. The van der Waals surface area contributed by atoms with Crippen molar-refractivity contribution in [1.29, 1.82) is 0 Å². The van der Waals surface area contributed by atoms with Crippen molar-refractivity contribution >= 4 is 17.2 Å². The maximum absolute atomic E-state index is 10.4. The van der Waals surface area contributed by atoms with Crippen LogP contribution in [0.5, 0.6) is 5.06 Å². The third-order valence-electron chi connectivity index (χ3n) is 1.13. The highest BCUT2D eigenvalue weighted by Gasteiger charge is 2.21. The van der Waals surface area contributed by atoms with Crippen molar-refractivity contribution in [3.63, 3.8) is 0 Å². The first-order valence-corrected chi connectivity index (χ1v) is 4.21. The zero-order chi connectivity index (χ0) is 9.14. The summed E-state index contributed by atoms with van der Waals surface area (Å²) in [6, 6.07) is 0. The fourth-order valence-corrected chi connectivity index (χ4v) is 1.53. The minimum atomic E-state index is -0.533. The second-order valence-electron chi connectivity index (χ2n) is 2.03. The van der Waals surface area contributed by atoms with Crippen molar-refractivity contribution < 1.29 is 9.66 Å². The van der Waals surface area contributed by atoms with Gasteiger partial charge in [-0.25, -0.2) is 0 Å². The molecule has 5 nitrogen and oxygen atoms in total. The molecular formula is C6H8N2O3S. The molecule has 66 valence electrons. The monoisotopic (exact) mass is 188 g/mol. The predicted molar refractivity (Wildman–Crippen MR) is 44.7 cm³/mol. The zero-order valence-corrected chi connectivity index (χ0v) is 7.55. The third-order valence-corrected chi connectivity index (χ3v) is 2.01. The Bertz CT molecular complexity index is 297. The van der Waals surface area contributed by atoms with E-state index < -0.39 is 4.92 Å². The normalized spacial score (nSPS) is 9.83. The second kappa shape index (κ2) is 3.48. The minimum Gasteiger partial charge on any atom is -0.478 e. The van der Waals surface area contributed by atoms with Gasteiger partial charge in [0.1, 0.15) is 0 Å². The van der Waals surface area contributed by atoms with Crippen molar-refractivity contribution in [1.82, 2.24) is 4.98 Å². The number of hydrogen-bond acceptors (Lipinski definition) is 5. The van der Waals surface area contributed by atoms with Gasteiger partial charge in [0.25, 0.3) is 5.06 Å². The molecule has 0 amide bonds. The smallest absolute Gasteiger partial charge is 0.418 e. The number of hydrogen-bond donors (Lipinski definition) is 0. The number of aromatic nitrogens is 1. The first-order valence-electron chi connectivity index (χ1n) is 3.39. The Morgan fingerprint density at radius 3 is 2.92 bits per heavy atom. The second-order valence-corrected chi connectivity index (χ2v) is 3.20. The molecule has 0 aliphatic heterocycles. The van der Waals surface area contributed by atoms with Gasteiger partial charge in [0.2, 0.25) is 5.01 Å². The number of aryl methyl sites for hydroxylation is 1. The molecule has 0 spiro atoms. The lowest BCUT2D eigenvalue weighted by Gasteiger charge is -1.95. The lowest BCUT2D eigenvalue weighted by atomic mass is 10.7. The molecule has 0 fully saturated rings. The largest absolute Gasteiger partial charge is 0.478 e. The number of rotatable bonds is 3. The van der Waals surface area contributed by atoms with Crippen molar-refractivity contribution in [2.24, 2.45) is 0 Å². The van der Waals surface area contributed by atoms with Crippen LogP contribution in [-0.4, -0.2) is 16.5 Å². The standard InChI is InChI=1S/C6H8N2O3S/c1-3-11-6-5(8(9)10)7-4(2)12-6/h3H2,1-2H3. The lowest BCUT2D eigenvalue weighted by Crippen LogP contribution is -1.94. The van der Waals surface area contributed by atoms with Crippen molar-refractivity contribution in [2.45, 2.75) is 13.8 Å². The van der Waals surface area contributed by atoms with Crippen molar-refractivity contribution in [3.8, 4) is 5.06 Å². The Balaban J connectivity index is 2.99. The summed E-state index contributed by atoms with van der Waals surface area (Å²) in [6.45, 7) is 3.90. The van der Waals surface area contributed by atoms with Gasteiger partial charge in [-0.15, -0.1) is 0 Å². The first-order chi connectivity index (χ1) is 5.65. The summed E-state index contributed by atoms with van der Waals surface area (Å²) in [5.74, 6) is -0.181. The number of nitrogens with zero attached hydrogens (tertiary/aromatic N) is 2. The van der Waals surface area contributed by atoms with E-state index in [1.165, 1.54) is 11.3 Å². The van der Waals surface area contributed by atoms with Crippen molar-refractivity contribution in [3.05, 3.63) is 15.1 Å². The molecule has 1 rings (SSSR count). The highest BCUT2D eigenvalue weighted by molar-refractivity contribution is 7.13. The Hall–Kier alpha value is -1.17. The van der Waals surface area contributed by atoms with Gasteiger partial charge in [0.15, 0.2) is 0 Å². The Morgan fingerprint density at radius 1 is 1.75 bits per heavy atom. The molecular weight excluding hydrogens is 180 g/mol. The topological polar surface area (TPSA) is 65.3 Å². The van der Waals surface area contributed by atoms with E-state index in [0.717, 1.165) is 0 Å². The molecule has 1 aromatic rings. The van der Waals surface area contributed by atoms with Crippen LogP contribution in [0.15, 0.2) is 0 Å². The van der Waals surface area contributed by atoms with Crippen LogP contribution in [-0.2, 0) is 0 Å². The number of ether oxygens (including phenoxy) is 1. The maximum Gasteiger partial charge on any atom is 0.418 e. The average Bonchev–Trinajstić information content (AvgIpc) is 2.32. The zero-order valence-electron chi connectivity index (χ0n) is 6.73. The first kappa shape index (κ1) is 8.92. The van der Waals surface area contributed by atoms with Crippen LogP contribution in [0.4, 0.5) is 5.82 Å².